The fourth-order valence-corrected chi connectivity index (χ4v) is 14.3. The lowest BCUT2D eigenvalue weighted by molar-refractivity contribution is -0.890. The van der Waals surface area contributed by atoms with Crippen molar-refractivity contribution < 1.29 is 23.5 Å². The van der Waals surface area contributed by atoms with Crippen molar-refractivity contribution in [1.29, 1.82) is 0 Å². The predicted octanol–water partition coefficient (Wildman–Crippen LogP) is 12.1. The van der Waals surface area contributed by atoms with E-state index in [0.717, 1.165) is 66.8 Å². The largest absolute Gasteiger partial charge is 0.492 e. The highest BCUT2D eigenvalue weighted by atomic mass is 16.5. The molecule has 0 unspecified atom stereocenters. The fourth-order valence-electron chi connectivity index (χ4n) is 14.3. The quantitative estimate of drug-likeness (QED) is 0.0869. The van der Waals surface area contributed by atoms with Crippen molar-refractivity contribution in [2.45, 2.75) is 124 Å². The van der Waals surface area contributed by atoms with Gasteiger partial charge < -0.3 is 18.9 Å². The smallest absolute Gasteiger partial charge is 0.362 e. The number of quaternary nitrogens is 1. The molecule has 0 radical (unpaired) electrons. The first-order valence-corrected chi connectivity index (χ1v) is 24.7. The highest BCUT2D eigenvalue weighted by molar-refractivity contribution is 5.98. The van der Waals surface area contributed by atoms with Gasteiger partial charge in [0.25, 0.3) is 0 Å². The van der Waals surface area contributed by atoms with E-state index in [0.29, 0.717) is 54.7 Å². The van der Waals surface area contributed by atoms with Gasteiger partial charge in [-0.05, 0) is 157 Å². The molecule has 0 aromatic heterocycles. The average Bonchev–Trinajstić information content (AvgIpc) is 3.87. The third kappa shape index (κ3) is 9.33. The van der Waals surface area contributed by atoms with E-state index in [-0.39, 0.29) is 18.0 Å². The van der Waals surface area contributed by atoms with Crippen molar-refractivity contribution in [3.8, 4) is 5.75 Å². The standard InChI is InChI=1S/C56H77N2O4/c1-7-47(41-16-10-8-11-17-41)54(42-18-12-9-13-19-42)43-21-24-45(25-22-43)61-37-34-57(5)52(59)29-20-40(2)49-27-28-50-48-26-23-44-38-46(62-53(60)39-58(6)35-14-15-36-58)30-32-55(44,3)51(48)31-33-56(49,50)4/h8-13,16-19,21-22,24-25,40,44,46,48-51H,7,14-15,20,23,26-39H2,1-6H3/q+1/b54-47-/t40-,44-,46-,48+,49-,50+,51+,55+,56-/m1/s1. The van der Waals surface area contributed by atoms with Gasteiger partial charge in [0.2, 0.25) is 5.91 Å². The fraction of sp³-hybridized carbons (Fsp3) is 0.607. The lowest BCUT2D eigenvalue weighted by Gasteiger charge is -2.61. The molecule has 0 spiro atoms. The van der Waals surface area contributed by atoms with Gasteiger partial charge in [-0.25, -0.2) is 4.79 Å². The van der Waals surface area contributed by atoms with Crippen LogP contribution in [0.2, 0.25) is 0 Å². The molecule has 4 saturated carbocycles. The van der Waals surface area contributed by atoms with Gasteiger partial charge in [0.05, 0.1) is 26.7 Å². The third-order valence-electron chi connectivity index (χ3n) is 17.8. The summed E-state index contributed by atoms with van der Waals surface area (Å²) in [5.74, 6) is 5.42. The highest BCUT2D eigenvalue weighted by Crippen LogP contribution is 2.68. The van der Waals surface area contributed by atoms with E-state index < -0.39 is 0 Å². The van der Waals surface area contributed by atoms with E-state index in [1.807, 2.05) is 11.9 Å². The maximum Gasteiger partial charge on any atom is 0.362 e. The maximum atomic E-state index is 13.5. The first kappa shape index (κ1) is 44.7. The SMILES string of the molecule is CC/C(=C(\c1ccccc1)c1ccc(OCCN(C)C(=O)CC[C@@H](C)[C@H]2CC[C@H]3[C@@H]4CC[C@@H]5C[C@H](OC(=O)C[N+]6(C)CCCC6)CC[C@]5(C)[C@H]4CC[C@]23C)cc1)c1ccccc1. The molecule has 5 fully saturated rings. The summed E-state index contributed by atoms with van der Waals surface area (Å²) in [4.78, 5) is 28.4. The normalized spacial score (nSPS) is 30.9. The molecular weight excluding hydrogens is 765 g/mol. The van der Waals surface area contributed by atoms with E-state index in [1.54, 1.807) is 0 Å². The number of carbonyl (C=O) groups excluding carboxylic acids is 2. The van der Waals surface area contributed by atoms with Crippen molar-refractivity contribution in [2.75, 3.05) is 46.9 Å². The summed E-state index contributed by atoms with van der Waals surface area (Å²) in [5.41, 5.74) is 6.95. The van der Waals surface area contributed by atoms with Crippen molar-refractivity contribution in [1.82, 2.24) is 4.90 Å². The Hall–Kier alpha value is -3.90. The number of esters is 1. The van der Waals surface area contributed by atoms with Gasteiger partial charge in [-0.15, -0.1) is 0 Å². The van der Waals surface area contributed by atoms with Crippen LogP contribution in [0.15, 0.2) is 84.9 Å². The molecule has 5 aliphatic rings. The van der Waals surface area contributed by atoms with Gasteiger partial charge in [0.1, 0.15) is 18.5 Å². The Kier molecular flexibility index (Phi) is 13.7. The van der Waals surface area contributed by atoms with Crippen LogP contribution in [-0.2, 0) is 14.3 Å². The second-order valence-corrected chi connectivity index (χ2v) is 21.3. The molecule has 3 aromatic rings. The molecule has 0 N–H and O–H groups in total. The average molecular weight is 842 g/mol. The summed E-state index contributed by atoms with van der Waals surface area (Å²) >= 11 is 0. The van der Waals surface area contributed by atoms with Crippen molar-refractivity contribution >= 4 is 23.0 Å². The van der Waals surface area contributed by atoms with Gasteiger partial charge >= 0.3 is 5.97 Å². The van der Waals surface area contributed by atoms with Gasteiger partial charge in [-0.1, -0.05) is 100 Å². The first-order valence-electron chi connectivity index (χ1n) is 24.7. The summed E-state index contributed by atoms with van der Waals surface area (Å²) in [7, 11) is 4.16. The summed E-state index contributed by atoms with van der Waals surface area (Å²) in [6, 6.07) is 29.8. The zero-order valence-corrected chi connectivity index (χ0v) is 39.1. The zero-order valence-electron chi connectivity index (χ0n) is 39.1. The summed E-state index contributed by atoms with van der Waals surface area (Å²) in [6.07, 6.45) is 16.4. The van der Waals surface area contributed by atoms with Crippen LogP contribution in [0, 0.1) is 46.3 Å². The molecule has 1 saturated heterocycles. The zero-order chi connectivity index (χ0) is 43.5. The molecule has 6 nitrogen and oxygen atoms in total. The molecule has 6 heteroatoms. The van der Waals surface area contributed by atoms with E-state index in [1.165, 1.54) is 85.6 Å². The molecule has 3 aromatic carbocycles. The Morgan fingerprint density at radius 1 is 0.790 bits per heavy atom. The van der Waals surface area contributed by atoms with Gasteiger partial charge in [-0.3, -0.25) is 4.79 Å². The molecule has 4 aliphatic carbocycles. The minimum absolute atomic E-state index is 0.0345. The Morgan fingerprint density at radius 2 is 1.44 bits per heavy atom. The molecular formula is C56H77N2O4+. The van der Waals surface area contributed by atoms with E-state index in [9.17, 15) is 9.59 Å². The lowest BCUT2D eigenvalue weighted by atomic mass is 9.44. The number of allylic oxidation sites excluding steroid dienone is 1. The molecule has 334 valence electrons. The first-order chi connectivity index (χ1) is 29.9. The molecule has 0 bridgehead atoms. The number of hydrogen-bond acceptors (Lipinski definition) is 4. The summed E-state index contributed by atoms with van der Waals surface area (Å²) < 4.78 is 13.3. The second-order valence-electron chi connectivity index (χ2n) is 21.3. The van der Waals surface area contributed by atoms with E-state index >= 15 is 0 Å². The number of fused-ring (bicyclic) bond motifs is 5. The van der Waals surface area contributed by atoms with Crippen molar-refractivity contribution in [3.05, 3.63) is 102 Å². The van der Waals surface area contributed by atoms with Gasteiger partial charge in [0, 0.05) is 26.3 Å². The van der Waals surface area contributed by atoms with Crippen molar-refractivity contribution in [2.24, 2.45) is 46.3 Å². The van der Waals surface area contributed by atoms with Crippen LogP contribution in [0.3, 0.4) is 0 Å². The maximum absolute atomic E-state index is 13.5. The van der Waals surface area contributed by atoms with Crippen molar-refractivity contribution in [3.63, 3.8) is 0 Å². The topological polar surface area (TPSA) is 55.8 Å². The highest BCUT2D eigenvalue weighted by Gasteiger charge is 2.60. The monoisotopic (exact) mass is 842 g/mol. The summed E-state index contributed by atoms with van der Waals surface area (Å²) in [6.45, 7) is 13.7. The molecule has 1 aliphatic heterocycles. The van der Waals surface area contributed by atoms with Crippen LogP contribution in [0.5, 0.6) is 5.75 Å². The predicted molar refractivity (Wildman–Crippen MR) is 252 cm³/mol. The van der Waals surface area contributed by atoms with Crippen LogP contribution < -0.4 is 4.74 Å². The van der Waals surface area contributed by atoms with Crippen LogP contribution in [0.25, 0.3) is 11.1 Å². The Labute approximate surface area is 374 Å². The van der Waals surface area contributed by atoms with Gasteiger partial charge in [0.15, 0.2) is 6.54 Å². The van der Waals surface area contributed by atoms with E-state index in [4.69, 9.17) is 9.47 Å². The Balaban J connectivity index is 0.803. The Morgan fingerprint density at radius 3 is 2.13 bits per heavy atom. The minimum Gasteiger partial charge on any atom is -0.492 e. The van der Waals surface area contributed by atoms with Crippen LogP contribution >= 0.6 is 0 Å². The molecule has 1 amide bonds. The molecule has 8 rings (SSSR count). The molecule has 9 atom stereocenters. The molecule has 1 heterocycles. The Bertz CT molecular complexity index is 2010. The number of likely N-dealkylation sites (N-methyl/N-ethyl adjacent to an activating group) is 2. The second kappa shape index (κ2) is 19.1. The third-order valence-corrected chi connectivity index (χ3v) is 17.8. The van der Waals surface area contributed by atoms with E-state index in [2.05, 4.69) is 120 Å². The molecule has 62 heavy (non-hydrogen) atoms. The number of ether oxygens (including phenoxy) is 2. The number of benzene rings is 3. The number of amides is 1. The number of rotatable bonds is 15. The minimum atomic E-state index is 0.0345. The number of carbonyl (C=O) groups is 2. The van der Waals surface area contributed by atoms with Crippen LogP contribution in [0.1, 0.15) is 134 Å². The van der Waals surface area contributed by atoms with Crippen LogP contribution in [0.4, 0.5) is 0 Å². The summed E-state index contributed by atoms with van der Waals surface area (Å²) in [5, 5.41) is 0. The van der Waals surface area contributed by atoms with Crippen LogP contribution in [-0.4, -0.2) is 74.2 Å². The van der Waals surface area contributed by atoms with Gasteiger partial charge in [-0.2, -0.15) is 0 Å². The number of likely N-dealkylation sites (tertiary alicyclic amines) is 1. The lowest BCUT2D eigenvalue weighted by Crippen LogP contribution is -2.54. The number of hydrogen-bond donors (Lipinski definition) is 0. The number of nitrogens with zero attached hydrogens (tertiary/aromatic N) is 2.